The zero-order valence-corrected chi connectivity index (χ0v) is 11.1. The van der Waals surface area contributed by atoms with Gasteiger partial charge in [-0.3, -0.25) is 0 Å². The molecule has 0 amide bonds. The molecule has 2 aromatic carbocycles. The minimum absolute atomic E-state index is 0.313. The van der Waals surface area contributed by atoms with Gasteiger partial charge < -0.3 is 5.11 Å². The molecule has 0 aliphatic carbocycles. The summed E-state index contributed by atoms with van der Waals surface area (Å²) in [5, 5.41) is 10.2. The molecule has 0 heterocycles. The minimum atomic E-state index is -0.313. The summed E-state index contributed by atoms with van der Waals surface area (Å²) in [5.41, 5.74) is 4.97. The van der Waals surface area contributed by atoms with Crippen molar-refractivity contribution >= 4 is 0 Å². The molecule has 0 unspecified atom stereocenters. The van der Waals surface area contributed by atoms with Crippen LogP contribution in [-0.4, -0.2) is 11.2 Å². The highest BCUT2D eigenvalue weighted by molar-refractivity contribution is 5.28. The normalized spacial score (nSPS) is 10.9. The van der Waals surface area contributed by atoms with Gasteiger partial charge in [-0.15, -0.1) is 0 Å². The first-order valence-corrected chi connectivity index (χ1v) is 6.44. The van der Waals surface area contributed by atoms with Crippen molar-refractivity contribution in [1.29, 1.82) is 0 Å². The van der Waals surface area contributed by atoms with E-state index in [-0.39, 0.29) is 6.10 Å². The molecule has 0 bridgehead atoms. The van der Waals surface area contributed by atoms with Crippen molar-refractivity contribution in [3.05, 3.63) is 70.8 Å². The van der Waals surface area contributed by atoms with Crippen LogP contribution < -0.4 is 0 Å². The fourth-order valence-corrected chi connectivity index (χ4v) is 2.26. The van der Waals surface area contributed by atoms with Crippen molar-refractivity contribution in [1.82, 2.24) is 0 Å². The number of aliphatic hydroxyl groups is 1. The van der Waals surface area contributed by atoms with Gasteiger partial charge in [-0.25, -0.2) is 0 Å². The highest BCUT2D eigenvalue weighted by Crippen LogP contribution is 2.14. The smallest absolute Gasteiger partial charge is 0.0621 e. The lowest BCUT2D eigenvalue weighted by molar-refractivity contribution is 0.175. The Morgan fingerprint density at radius 2 is 1.17 bits per heavy atom. The van der Waals surface area contributed by atoms with Crippen molar-refractivity contribution in [3.63, 3.8) is 0 Å². The first-order valence-electron chi connectivity index (χ1n) is 6.44. The minimum Gasteiger partial charge on any atom is -0.392 e. The van der Waals surface area contributed by atoms with E-state index in [0.29, 0.717) is 0 Å². The molecule has 94 valence electrons. The summed E-state index contributed by atoms with van der Waals surface area (Å²) >= 11 is 0. The van der Waals surface area contributed by atoms with Crippen LogP contribution >= 0.6 is 0 Å². The molecule has 0 saturated heterocycles. The van der Waals surface area contributed by atoms with Gasteiger partial charge in [0.05, 0.1) is 6.10 Å². The van der Waals surface area contributed by atoms with E-state index in [0.717, 1.165) is 12.8 Å². The Hall–Kier alpha value is -1.60. The molecule has 18 heavy (non-hydrogen) atoms. The molecule has 0 fully saturated rings. The Kier molecular flexibility index (Phi) is 4.16. The lowest BCUT2D eigenvalue weighted by Crippen LogP contribution is -2.15. The van der Waals surface area contributed by atoms with Crippen LogP contribution in [0.3, 0.4) is 0 Å². The summed E-state index contributed by atoms with van der Waals surface area (Å²) in [6, 6.07) is 16.5. The quantitative estimate of drug-likeness (QED) is 0.868. The first-order chi connectivity index (χ1) is 8.66. The van der Waals surface area contributed by atoms with E-state index >= 15 is 0 Å². The largest absolute Gasteiger partial charge is 0.392 e. The van der Waals surface area contributed by atoms with E-state index < -0.39 is 0 Å². The van der Waals surface area contributed by atoms with E-state index in [9.17, 15) is 5.11 Å². The Morgan fingerprint density at radius 1 is 0.778 bits per heavy atom. The lowest BCUT2D eigenvalue weighted by atomic mass is 9.96. The van der Waals surface area contributed by atoms with Gasteiger partial charge in [0.25, 0.3) is 0 Å². The van der Waals surface area contributed by atoms with Gasteiger partial charge in [0.2, 0.25) is 0 Å². The zero-order valence-electron chi connectivity index (χ0n) is 11.1. The molecule has 1 heteroatoms. The molecular formula is C17H20O. The van der Waals surface area contributed by atoms with Crippen LogP contribution in [0, 0.1) is 13.8 Å². The number of aryl methyl sites for hydroxylation is 2. The molecule has 0 aliphatic rings. The zero-order chi connectivity index (χ0) is 13.0. The van der Waals surface area contributed by atoms with Gasteiger partial charge in [0.15, 0.2) is 0 Å². The maximum Gasteiger partial charge on any atom is 0.0621 e. The first kappa shape index (κ1) is 12.8. The topological polar surface area (TPSA) is 20.2 Å². The number of hydrogen-bond donors (Lipinski definition) is 1. The molecule has 0 aromatic heterocycles. The molecule has 2 aromatic rings. The standard InChI is InChI=1S/C17H20O/c1-13-7-3-5-9-15(13)11-17(18)12-16-10-6-4-8-14(16)2/h3-10,17-18H,11-12H2,1-2H3. The van der Waals surface area contributed by atoms with Crippen molar-refractivity contribution in [2.24, 2.45) is 0 Å². The van der Waals surface area contributed by atoms with Crippen molar-refractivity contribution in [2.45, 2.75) is 32.8 Å². The van der Waals surface area contributed by atoms with Crippen LogP contribution in [0.2, 0.25) is 0 Å². The molecule has 0 atom stereocenters. The Labute approximate surface area is 109 Å². The van der Waals surface area contributed by atoms with Crippen LogP contribution in [0.25, 0.3) is 0 Å². The predicted octanol–water partition coefficient (Wildman–Crippen LogP) is 3.45. The third-order valence-corrected chi connectivity index (χ3v) is 3.43. The van der Waals surface area contributed by atoms with Gasteiger partial charge in [0.1, 0.15) is 0 Å². The van der Waals surface area contributed by atoms with Crippen LogP contribution in [0.4, 0.5) is 0 Å². The average Bonchev–Trinajstić information content (AvgIpc) is 2.35. The number of rotatable bonds is 4. The molecule has 1 N–H and O–H groups in total. The second-order valence-corrected chi connectivity index (χ2v) is 4.92. The van der Waals surface area contributed by atoms with Gasteiger partial charge in [-0.2, -0.15) is 0 Å². The van der Waals surface area contributed by atoms with E-state index in [4.69, 9.17) is 0 Å². The summed E-state index contributed by atoms with van der Waals surface area (Å²) in [6.07, 6.45) is 1.13. The van der Waals surface area contributed by atoms with Gasteiger partial charge in [0, 0.05) is 0 Å². The van der Waals surface area contributed by atoms with Crippen LogP contribution in [0.15, 0.2) is 48.5 Å². The summed E-state index contributed by atoms with van der Waals surface area (Å²) < 4.78 is 0. The summed E-state index contributed by atoms with van der Waals surface area (Å²) in [6.45, 7) is 4.19. The number of hydrogen-bond acceptors (Lipinski definition) is 1. The maximum absolute atomic E-state index is 10.2. The molecule has 0 saturated carbocycles. The molecule has 0 aliphatic heterocycles. The fourth-order valence-electron chi connectivity index (χ4n) is 2.26. The Balaban J connectivity index is 2.04. The van der Waals surface area contributed by atoms with Crippen molar-refractivity contribution in [3.8, 4) is 0 Å². The number of aliphatic hydroxyl groups excluding tert-OH is 1. The monoisotopic (exact) mass is 240 g/mol. The second-order valence-electron chi connectivity index (χ2n) is 4.92. The lowest BCUT2D eigenvalue weighted by Gasteiger charge is -2.14. The van der Waals surface area contributed by atoms with Crippen LogP contribution in [0.5, 0.6) is 0 Å². The van der Waals surface area contributed by atoms with Crippen LogP contribution in [-0.2, 0) is 12.8 Å². The van der Waals surface area contributed by atoms with E-state index in [2.05, 4.69) is 38.1 Å². The van der Waals surface area contributed by atoms with Gasteiger partial charge in [-0.05, 0) is 48.9 Å². The third kappa shape index (κ3) is 3.21. The molecule has 1 nitrogen and oxygen atoms in total. The molecule has 0 radical (unpaired) electrons. The number of benzene rings is 2. The average molecular weight is 240 g/mol. The van der Waals surface area contributed by atoms with Gasteiger partial charge in [-0.1, -0.05) is 48.5 Å². The maximum atomic E-state index is 10.2. The Bertz CT molecular complexity index is 469. The third-order valence-electron chi connectivity index (χ3n) is 3.43. The summed E-state index contributed by atoms with van der Waals surface area (Å²) in [7, 11) is 0. The SMILES string of the molecule is Cc1ccccc1CC(O)Cc1ccccc1C. The molecule has 0 spiro atoms. The van der Waals surface area contributed by atoms with Gasteiger partial charge >= 0.3 is 0 Å². The van der Waals surface area contributed by atoms with E-state index in [1.807, 2.05) is 24.3 Å². The highest BCUT2D eigenvalue weighted by atomic mass is 16.3. The van der Waals surface area contributed by atoms with Crippen LogP contribution in [0.1, 0.15) is 22.3 Å². The molecule has 2 rings (SSSR count). The van der Waals surface area contributed by atoms with Crippen molar-refractivity contribution < 1.29 is 5.11 Å². The Morgan fingerprint density at radius 3 is 1.56 bits per heavy atom. The fraction of sp³-hybridized carbons (Fsp3) is 0.294. The van der Waals surface area contributed by atoms with E-state index in [1.54, 1.807) is 0 Å². The summed E-state index contributed by atoms with van der Waals surface area (Å²) in [5.74, 6) is 0. The molecular weight excluding hydrogens is 220 g/mol. The predicted molar refractivity (Wildman–Crippen MR) is 75.8 cm³/mol. The van der Waals surface area contributed by atoms with E-state index in [1.165, 1.54) is 22.3 Å². The van der Waals surface area contributed by atoms with Crippen molar-refractivity contribution in [2.75, 3.05) is 0 Å². The highest BCUT2D eigenvalue weighted by Gasteiger charge is 2.09. The summed E-state index contributed by atoms with van der Waals surface area (Å²) in [4.78, 5) is 0. The second kappa shape index (κ2) is 5.83.